The van der Waals surface area contributed by atoms with Crippen molar-refractivity contribution in [2.45, 2.75) is 24.1 Å². The topological polar surface area (TPSA) is 46.1 Å². The highest BCUT2D eigenvalue weighted by Gasteiger charge is 2.27. The molecule has 3 rings (SSSR count). The Kier molecular flexibility index (Phi) is 5.48. The van der Waals surface area contributed by atoms with Crippen LogP contribution in [0.4, 0.5) is 0 Å². The minimum absolute atomic E-state index is 0.123. The third-order valence-corrected chi connectivity index (χ3v) is 5.94. The number of hydrogen-bond acceptors (Lipinski definition) is 5. The van der Waals surface area contributed by atoms with E-state index in [1.165, 1.54) is 11.8 Å². The van der Waals surface area contributed by atoms with Crippen LogP contribution >= 0.6 is 23.1 Å². The van der Waals surface area contributed by atoms with Gasteiger partial charge in [0.15, 0.2) is 0 Å². The summed E-state index contributed by atoms with van der Waals surface area (Å²) in [5, 5.41) is 3.58. The number of thiophene rings is 1. The van der Waals surface area contributed by atoms with Crippen molar-refractivity contribution in [2.75, 3.05) is 13.1 Å². The maximum absolute atomic E-state index is 13.0. The van der Waals surface area contributed by atoms with E-state index in [9.17, 15) is 4.79 Å². The normalized spacial score (nSPS) is 12.2. The van der Waals surface area contributed by atoms with E-state index in [4.69, 9.17) is 0 Å². The second kappa shape index (κ2) is 7.77. The number of hydrogen-bond donors (Lipinski definition) is 0. The molecule has 0 N–H and O–H groups in total. The molecule has 1 atom stereocenters. The first kappa shape index (κ1) is 16.9. The number of aromatic nitrogens is 2. The number of carbonyl (C=O) groups is 1. The van der Waals surface area contributed by atoms with Gasteiger partial charge in [0, 0.05) is 18.5 Å². The molecule has 1 amide bonds. The van der Waals surface area contributed by atoms with Gasteiger partial charge >= 0.3 is 0 Å². The molecule has 0 bridgehead atoms. The van der Waals surface area contributed by atoms with Crippen LogP contribution in [0, 0.1) is 0 Å². The Morgan fingerprint density at radius 3 is 2.62 bits per heavy atom. The lowest BCUT2D eigenvalue weighted by molar-refractivity contribution is -0.130. The average Bonchev–Trinajstić information content (AvgIpc) is 3.11. The SMILES string of the molecule is CCN(CC)C(=O)[C@H](Sc1ncnc2sccc12)c1ccccc1. The Hall–Kier alpha value is -1.92. The van der Waals surface area contributed by atoms with Crippen LogP contribution in [0.3, 0.4) is 0 Å². The van der Waals surface area contributed by atoms with Crippen LogP contribution in [0.15, 0.2) is 53.1 Å². The van der Waals surface area contributed by atoms with Gasteiger partial charge in [0.05, 0.1) is 0 Å². The molecule has 1 aromatic carbocycles. The van der Waals surface area contributed by atoms with Crippen LogP contribution in [0.2, 0.25) is 0 Å². The molecule has 124 valence electrons. The van der Waals surface area contributed by atoms with Crippen molar-refractivity contribution in [3.05, 3.63) is 53.7 Å². The van der Waals surface area contributed by atoms with E-state index in [1.54, 1.807) is 17.7 Å². The molecule has 0 spiro atoms. The van der Waals surface area contributed by atoms with Crippen molar-refractivity contribution in [2.24, 2.45) is 0 Å². The molecule has 2 heterocycles. The minimum Gasteiger partial charge on any atom is -0.342 e. The molecule has 0 unspecified atom stereocenters. The second-order valence-electron chi connectivity index (χ2n) is 5.24. The predicted octanol–water partition coefficient (Wildman–Crippen LogP) is 4.39. The number of thioether (sulfide) groups is 1. The monoisotopic (exact) mass is 357 g/mol. The van der Waals surface area contributed by atoms with Gasteiger partial charge in [-0.05, 0) is 30.9 Å². The molecule has 6 heteroatoms. The molecule has 0 saturated heterocycles. The number of carbonyl (C=O) groups excluding carboxylic acids is 1. The number of fused-ring (bicyclic) bond motifs is 1. The molecule has 24 heavy (non-hydrogen) atoms. The van der Waals surface area contributed by atoms with E-state index in [0.29, 0.717) is 13.1 Å². The highest BCUT2D eigenvalue weighted by molar-refractivity contribution is 8.00. The lowest BCUT2D eigenvalue weighted by Gasteiger charge is -2.25. The Morgan fingerprint density at radius 2 is 1.92 bits per heavy atom. The van der Waals surface area contributed by atoms with E-state index in [2.05, 4.69) is 9.97 Å². The van der Waals surface area contributed by atoms with Crippen LogP contribution in [0.5, 0.6) is 0 Å². The smallest absolute Gasteiger partial charge is 0.240 e. The van der Waals surface area contributed by atoms with Gasteiger partial charge in [-0.3, -0.25) is 4.79 Å². The Morgan fingerprint density at radius 1 is 1.17 bits per heavy atom. The molecular weight excluding hydrogens is 338 g/mol. The van der Waals surface area contributed by atoms with Gasteiger partial charge in [0.25, 0.3) is 0 Å². The van der Waals surface area contributed by atoms with E-state index in [1.807, 2.05) is 60.5 Å². The first-order valence-corrected chi connectivity index (χ1v) is 9.69. The summed E-state index contributed by atoms with van der Waals surface area (Å²) in [6.45, 7) is 5.43. The molecule has 0 saturated carbocycles. The van der Waals surface area contributed by atoms with Crippen LogP contribution in [-0.4, -0.2) is 33.9 Å². The van der Waals surface area contributed by atoms with E-state index >= 15 is 0 Å². The summed E-state index contributed by atoms with van der Waals surface area (Å²) in [4.78, 5) is 24.6. The van der Waals surface area contributed by atoms with Gasteiger partial charge in [0.2, 0.25) is 5.91 Å². The molecule has 0 aliphatic heterocycles. The first-order chi connectivity index (χ1) is 11.7. The van der Waals surface area contributed by atoms with E-state index in [-0.39, 0.29) is 11.2 Å². The number of nitrogens with zero attached hydrogens (tertiary/aromatic N) is 3. The van der Waals surface area contributed by atoms with Crippen LogP contribution in [-0.2, 0) is 4.79 Å². The quantitative estimate of drug-likeness (QED) is 0.485. The maximum atomic E-state index is 13.0. The van der Waals surface area contributed by atoms with Crippen molar-refractivity contribution < 1.29 is 4.79 Å². The lowest BCUT2D eigenvalue weighted by Crippen LogP contribution is -2.33. The number of amides is 1. The Balaban J connectivity index is 1.99. The fourth-order valence-electron chi connectivity index (χ4n) is 2.56. The summed E-state index contributed by atoms with van der Waals surface area (Å²) in [7, 11) is 0. The fourth-order valence-corrected chi connectivity index (χ4v) is 4.53. The van der Waals surface area contributed by atoms with Gasteiger partial charge in [-0.2, -0.15) is 0 Å². The Labute approximate surface area is 149 Å². The van der Waals surface area contributed by atoms with Crippen LogP contribution in [0.25, 0.3) is 10.2 Å². The largest absolute Gasteiger partial charge is 0.342 e. The first-order valence-electron chi connectivity index (χ1n) is 7.93. The van der Waals surface area contributed by atoms with Gasteiger partial charge in [-0.15, -0.1) is 11.3 Å². The lowest BCUT2D eigenvalue weighted by atomic mass is 10.1. The Bertz CT molecular complexity index is 815. The van der Waals surface area contributed by atoms with Gasteiger partial charge in [0.1, 0.15) is 21.4 Å². The van der Waals surface area contributed by atoms with Crippen molar-refractivity contribution in [3.63, 3.8) is 0 Å². The standard InChI is InChI=1S/C18H19N3OS2/c1-3-21(4-2)18(22)15(13-8-6-5-7-9-13)24-17-14-10-11-23-16(14)19-12-20-17/h5-12,15H,3-4H2,1-2H3/t15-/m1/s1. The van der Waals surface area contributed by atoms with Crippen molar-refractivity contribution >= 4 is 39.2 Å². The maximum Gasteiger partial charge on any atom is 0.240 e. The fraction of sp³-hybridized carbons (Fsp3) is 0.278. The van der Waals surface area contributed by atoms with Crippen molar-refractivity contribution in [3.8, 4) is 0 Å². The molecule has 4 nitrogen and oxygen atoms in total. The van der Waals surface area contributed by atoms with Crippen molar-refractivity contribution in [1.82, 2.24) is 14.9 Å². The third-order valence-electron chi connectivity index (χ3n) is 3.86. The zero-order valence-electron chi connectivity index (χ0n) is 13.7. The van der Waals surface area contributed by atoms with E-state index in [0.717, 1.165) is 20.8 Å². The minimum atomic E-state index is -0.302. The number of likely N-dealkylation sites (N-methyl/N-ethyl adjacent to an activating group) is 1. The number of rotatable bonds is 6. The molecule has 0 fully saturated rings. The summed E-state index contributed by atoms with van der Waals surface area (Å²) < 4.78 is 0. The summed E-state index contributed by atoms with van der Waals surface area (Å²) in [6, 6.07) is 11.9. The zero-order valence-corrected chi connectivity index (χ0v) is 15.3. The van der Waals surface area contributed by atoms with Gasteiger partial charge in [-0.25, -0.2) is 9.97 Å². The average molecular weight is 358 g/mol. The summed E-state index contributed by atoms with van der Waals surface area (Å²) >= 11 is 3.10. The van der Waals surface area contributed by atoms with Crippen molar-refractivity contribution in [1.29, 1.82) is 0 Å². The molecule has 0 aliphatic rings. The highest BCUT2D eigenvalue weighted by Crippen LogP contribution is 2.39. The highest BCUT2D eigenvalue weighted by atomic mass is 32.2. The summed E-state index contributed by atoms with van der Waals surface area (Å²) in [5.41, 5.74) is 1.00. The molecule has 2 aromatic heterocycles. The third kappa shape index (κ3) is 3.44. The van der Waals surface area contributed by atoms with Gasteiger partial charge in [-0.1, -0.05) is 42.1 Å². The zero-order chi connectivity index (χ0) is 16.9. The molecular formula is C18H19N3OS2. The molecule has 0 radical (unpaired) electrons. The van der Waals surface area contributed by atoms with Crippen LogP contribution < -0.4 is 0 Å². The number of benzene rings is 1. The second-order valence-corrected chi connectivity index (χ2v) is 7.23. The predicted molar refractivity (Wildman–Crippen MR) is 100 cm³/mol. The van der Waals surface area contributed by atoms with E-state index < -0.39 is 0 Å². The molecule has 3 aromatic rings. The summed E-state index contributed by atoms with van der Waals surface area (Å²) in [5.74, 6) is 0.123. The van der Waals surface area contributed by atoms with Crippen LogP contribution in [0.1, 0.15) is 24.7 Å². The summed E-state index contributed by atoms with van der Waals surface area (Å²) in [6.07, 6.45) is 1.57. The van der Waals surface area contributed by atoms with Gasteiger partial charge < -0.3 is 4.90 Å². The molecule has 0 aliphatic carbocycles.